The lowest BCUT2D eigenvalue weighted by Crippen LogP contribution is -2.20. The highest BCUT2D eigenvalue weighted by molar-refractivity contribution is 6.02. The average Bonchev–Trinajstić information content (AvgIpc) is 3.52. The highest BCUT2D eigenvalue weighted by atomic mass is 19.1. The molecule has 7 heteroatoms. The van der Waals surface area contributed by atoms with Gasteiger partial charge >= 0.3 is 0 Å². The first kappa shape index (κ1) is 22.9. The van der Waals surface area contributed by atoms with Crippen molar-refractivity contribution in [2.75, 3.05) is 32.5 Å². The van der Waals surface area contributed by atoms with E-state index in [1.54, 1.807) is 12.3 Å². The second-order valence-electron chi connectivity index (χ2n) is 9.48. The summed E-state index contributed by atoms with van der Waals surface area (Å²) in [6.45, 7) is 1.60. The van der Waals surface area contributed by atoms with Crippen molar-refractivity contribution < 1.29 is 4.39 Å². The van der Waals surface area contributed by atoms with E-state index in [1.165, 1.54) is 6.07 Å². The predicted molar refractivity (Wildman–Crippen MR) is 149 cm³/mol. The number of aromatic nitrogens is 4. The average molecular weight is 491 g/mol. The Kier molecular flexibility index (Phi) is 5.90. The van der Waals surface area contributed by atoms with Crippen molar-refractivity contribution in [3.05, 3.63) is 91.0 Å². The van der Waals surface area contributed by atoms with Crippen LogP contribution < -0.4 is 5.32 Å². The molecule has 184 valence electrons. The van der Waals surface area contributed by atoms with E-state index in [4.69, 9.17) is 0 Å². The molecule has 3 heterocycles. The van der Waals surface area contributed by atoms with Gasteiger partial charge in [-0.25, -0.2) is 4.39 Å². The van der Waals surface area contributed by atoms with Gasteiger partial charge in [-0.05, 0) is 79.3 Å². The fourth-order valence-electron chi connectivity index (χ4n) is 4.74. The van der Waals surface area contributed by atoms with Crippen molar-refractivity contribution >= 4 is 27.5 Å². The van der Waals surface area contributed by atoms with Crippen LogP contribution in [0.1, 0.15) is 0 Å². The number of fused-ring (bicyclic) bond motifs is 2. The number of halogens is 1. The van der Waals surface area contributed by atoms with Crippen molar-refractivity contribution in [2.24, 2.45) is 0 Å². The second-order valence-corrected chi connectivity index (χ2v) is 9.48. The number of hydrogen-bond donors (Lipinski definition) is 3. The molecule has 6 nitrogen and oxygen atoms in total. The van der Waals surface area contributed by atoms with E-state index in [-0.39, 0.29) is 5.82 Å². The number of anilines is 1. The molecule has 0 saturated heterocycles. The highest BCUT2D eigenvalue weighted by Gasteiger charge is 2.15. The van der Waals surface area contributed by atoms with Gasteiger partial charge in [0.05, 0.1) is 11.2 Å². The number of nitrogens with one attached hydrogen (secondary N) is 3. The molecule has 0 atom stereocenters. The summed E-state index contributed by atoms with van der Waals surface area (Å²) in [6, 6.07) is 23.5. The molecule has 6 rings (SSSR count). The van der Waals surface area contributed by atoms with Crippen LogP contribution in [-0.2, 0) is 0 Å². The van der Waals surface area contributed by atoms with E-state index in [0.29, 0.717) is 0 Å². The van der Waals surface area contributed by atoms with Crippen molar-refractivity contribution in [1.29, 1.82) is 0 Å². The Morgan fingerprint density at radius 2 is 1.78 bits per heavy atom. The fourth-order valence-corrected chi connectivity index (χ4v) is 4.74. The Morgan fingerprint density at radius 1 is 0.865 bits per heavy atom. The molecule has 0 aliphatic carbocycles. The van der Waals surface area contributed by atoms with Crippen LogP contribution in [0.15, 0.2) is 85.2 Å². The molecule has 0 bridgehead atoms. The summed E-state index contributed by atoms with van der Waals surface area (Å²) >= 11 is 0. The third-order valence-electron chi connectivity index (χ3n) is 6.57. The van der Waals surface area contributed by atoms with E-state index in [0.717, 1.165) is 74.2 Å². The molecule has 0 aliphatic rings. The summed E-state index contributed by atoms with van der Waals surface area (Å²) in [5, 5.41) is 13.1. The normalized spacial score (nSPS) is 11.6. The number of H-pyrrole nitrogens is 2. The van der Waals surface area contributed by atoms with Crippen LogP contribution in [0.5, 0.6) is 0 Å². The number of rotatable bonds is 7. The number of nitrogens with zero attached hydrogens (tertiary/aromatic N) is 3. The van der Waals surface area contributed by atoms with Gasteiger partial charge in [0.25, 0.3) is 0 Å². The zero-order valence-corrected chi connectivity index (χ0v) is 20.7. The van der Waals surface area contributed by atoms with Crippen LogP contribution in [0.25, 0.3) is 55.4 Å². The molecule has 0 aliphatic heterocycles. The largest absolute Gasteiger partial charge is 0.384 e. The Bertz CT molecular complexity index is 1700. The van der Waals surface area contributed by atoms with Gasteiger partial charge in [-0.3, -0.25) is 10.1 Å². The maximum Gasteiger partial charge on any atom is 0.125 e. The second kappa shape index (κ2) is 9.52. The fraction of sp³-hybridized carbons (Fsp3) is 0.133. The quantitative estimate of drug-likeness (QED) is 0.237. The maximum atomic E-state index is 14.6. The SMILES string of the molecule is CN(C)CCNc1cc(F)cc(-c2cccc3[nH]c(-c4n[nH]c5ccc(-c6cccnc6)cc45)cc23)c1. The Labute approximate surface area is 214 Å². The molecular weight excluding hydrogens is 463 g/mol. The number of pyridine rings is 1. The first-order valence-electron chi connectivity index (χ1n) is 12.3. The summed E-state index contributed by atoms with van der Waals surface area (Å²) in [5.74, 6) is -0.265. The summed E-state index contributed by atoms with van der Waals surface area (Å²) in [6.07, 6.45) is 3.63. The summed E-state index contributed by atoms with van der Waals surface area (Å²) in [4.78, 5) is 9.87. The Morgan fingerprint density at radius 3 is 2.62 bits per heavy atom. The van der Waals surface area contributed by atoms with Crippen LogP contribution in [0, 0.1) is 5.82 Å². The minimum atomic E-state index is -0.265. The van der Waals surface area contributed by atoms with Crippen LogP contribution >= 0.6 is 0 Å². The lowest BCUT2D eigenvalue weighted by atomic mass is 10.0. The molecule has 37 heavy (non-hydrogen) atoms. The molecule has 0 radical (unpaired) electrons. The van der Waals surface area contributed by atoms with E-state index in [1.807, 2.05) is 62.8 Å². The van der Waals surface area contributed by atoms with Crippen LogP contribution in [0.4, 0.5) is 10.1 Å². The highest BCUT2D eigenvalue weighted by Crippen LogP contribution is 2.36. The standard InChI is InChI=1S/C30H27FN6/c1-37(2)12-11-33-23-14-21(13-22(31)16-23)24-6-3-7-27-25(24)17-29(34-27)30-26-15-19(8-9-28(26)35-36-30)20-5-4-10-32-18-20/h3-10,13-18,33-34H,11-12H2,1-2H3,(H,35,36). The van der Waals surface area contributed by atoms with Crippen molar-refractivity contribution in [1.82, 2.24) is 25.1 Å². The third kappa shape index (κ3) is 4.57. The molecule has 3 aromatic heterocycles. The summed E-state index contributed by atoms with van der Waals surface area (Å²) in [5.41, 5.74) is 8.36. The molecule has 6 aromatic rings. The zero-order valence-electron chi connectivity index (χ0n) is 20.7. The van der Waals surface area contributed by atoms with E-state index < -0.39 is 0 Å². The topological polar surface area (TPSA) is 72.6 Å². The van der Waals surface area contributed by atoms with Gasteiger partial charge in [0.15, 0.2) is 0 Å². The first-order valence-corrected chi connectivity index (χ1v) is 12.3. The smallest absolute Gasteiger partial charge is 0.125 e. The molecule has 0 unspecified atom stereocenters. The summed E-state index contributed by atoms with van der Waals surface area (Å²) < 4.78 is 14.6. The van der Waals surface area contributed by atoms with E-state index in [9.17, 15) is 4.39 Å². The predicted octanol–water partition coefficient (Wildman–Crippen LogP) is 6.55. The van der Waals surface area contributed by atoms with Gasteiger partial charge in [0.1, 0.15) is 11.5 Å². The summed E-state index contributed by atoms with van der Waals surface area (Å²) in [7, 11) is 4.04. The zero-order chi connectivity index (χ0) is 25.4. The number of aromatic amines is 2. The molecule has 3 aromatic carbocycles. The van der Waals surface area contributed by atoms with Gasteiger partial charge in [0, 0.05) is 53.0 Å². The number of benzene rings is 3. The first-order chi connectivity index (χ1) is 18.0. The van der Waals surface area contributed by atoms with Gasteiger partial charge in [-0.15, -0.1) is 0 Å². The van der Waals surface area contributed by atoms with Crippen LogP contribution in [0.2, 0.25) is 0 Å². The van der Waals surface area contributed by atoms with Crippen molar-refractivity contribution in [3.63, 3.8) is 0 Å². The van der Waals surface area contributed by atoms with Gasteiger partial charge in [-0.1, -0.05) is 24.3 Å². The monoisotopic (exact) mass is 490 g/mol. The lowest BCUT2D eigenvalue weighted by Gasteiger charge is -2.13. The van der Waals surface area contributed by atoms with Gasteiger partial charge in [-0.2, -0.15) is 5.10 Å². The van der Waals surface area contributed by atoms with Crippen molar-refractivity contribution in [3.8, 4) is 33.6 Å². The molecule has 0 fully saturated rings. The van der Waals surface area contributed by atoms with E-state index >= 15 is 0 Å². The molecule has 0 amide bonds. The molecule has 0 saturated carbocycles. The van der Waals surface area contributed by atoms with Crippen molar-refractivity contribution in [2.45, 2.75) is 0 Å². The minimum absolute atomic E-state index is 0.265. The van der Waals surface area contributed by atoms with E-state index in [2.05, 4.69) is 48.6 Å². The van der Waals surface area contributed by atoms with Crippen LogP contribution in [0.3, 0.4) is 0 Å². The lowest BCUT2D eigenvalue weighted by molar-refractivity contribution is 0.425. The molecular formula is C30H27FN6. The third-order valence-corrected chi connectivity index (χ3v) is 6.57. The number of likely N-dealkylation sites (N-methyl/N-ethyl adjacent to an activating group) is 1. The maximum absolute atomic E-state index is 14.6. The molecule has 0 spiro atoms. The Hall–Kier alpha value is -4.49. The van der Waals surface area contributed by atoms with Gasteiger partial charge in [0.2, 0.25) is 0 Å². The number of hydrogen-bond acceptors (Lipinski definition) is 4. The van der Waals surface area contributed by atoms with Gasteiger partial charge < -0.3 is 15.2 Å². The Balaban J connectivity index is 1.41. The molecule has 3 N–H and O–H groups in total. The van der Waals surface area contributed by atoms with Crippen LogP contribution in [-0.4, -0.2) is 52.3 Å². The minimum Gasteiger partial charge on any atom is -0.384 e.